The highest BCUT2D eigenvalue weighted by Crippen LogP contribution is 2.16. The quantitative estimate of drug-likeness (QED) is 0.773. The summed E-state index contributed by atoms with van der Waals surface area (Å²) < 4.78 is 0. The summed E-state index contributed by atoms with van der Waals surface area (Å²) in [6, 6.07) is 6.57. The van der Waals surface area contributed by atoms with Crippen LogP contribution in [-0.2, 0) is 6.54 Å². The van der Waals surface area contributed by atoms with E-state index in [0.717, 1.165) is 45.1 Å². The maximum Gasteiger partial charge on any atom is 0.0351 e. The van der Waals surface area contributed by atoms with Gasteiger partial charge >= 0.3 is 0 Å². The SMILES string of the molecule is Cc1cccc(C)c1CN1CCN(CCCl)CC1. The van der Waals surface area contributed by atoms with Gasteiger partial charge in [-0.25, -0.2) is 0 Å². The molecule has 1 aliphatic rings. The van der Waals surface area contributed by atoms with Crippen LogP contribution in [0.15, 0.2) is 18.2 Å². The molecule has 0 saturated carbocycles. The zero-order chi connectivity index (χ0) is 13.0. The van der Waals surface area contributed by atoms with E-state index in [1.807, 2.05) is 0 Å². The Bertz CT molecular complexity index is 364. The van der Waals surface area contributed by atoms with E-state index in [0.29, 0.717) is 0 Å². The first-order valence-electron chi connectivity index (χ1n) is 6.76. The Balaban J connectivity index is 1.92. The van der Waals surface area contributed by atoms with Crippen molar-refractivity contribution in [1.82, 2.24) is 9.80 Å². The molecule has 18 heavy (non-hydrogen) atoms. The maximum atomic E-state index is 5.79. The third kappa shape index (κ3) is 3.47. The van der Waals surface area contributed by atoms with Gasteiger partial charge in [0.2, 0.25) is 0 Å². The normalized spacial score (nSPS) is 18.2. The molecule has 1 fully saturated rings. The summed E-state index contributed by atoms with van der Waals surface area (Å²) in [6.07, 6.45) is 0. The number of aryl methyl sites for hydroxylation is 2. The molecule has 1 heterocycles. The van der Waals surface area contributed by atoms with E-state index >= 15 is 0 Å². The molecule has 0 radical (unpaired) electrons. The van der Waals surface area contributed by atoms with Crippen LogP contribution < -0.4 is 0 Å². The lowest BCUT2D eigenvalue weighted by Crippen LogP contribution is -2.46. The minimum Gasteiger partial charge on any atom is -0.300 e. The highest BCUT2D eigenvalue weighted by atomic mass is 35.5. The minimum absolute atomic E-state index is 0.747. The van der Waals surface area contributed by atoms with Gasteiger partial charge in [0.15, 0.2) is 0 Å². The summed E-state index contributed by atoms with van der Waals surface area (Å²) in [6.45, 7) is 11.2. The molecule has 0 atom stereocenters. The number of benzene rings is 1. The molecule has 0 aliphatic carbocycles. The Morgan fingerprint density at radius 3 is 2.11 bits per heavy atom. The van der Waals surface area contributed by atoms with Crippen LogP contribution in [0.25, 0.3) is 0 Å². The van der Waals surface area contributed by atoms with Gasteiger partial charge in [0.1, 0.15) is 0 Å². The van der Waals surface area contributed by atoms with E-state index < -0.39 is 0 Å². The summed E-state index contributed by atoms with van der Waals surface area (Å²) in [5.74, 6) is 0.747. The van der Waals surface area contributed by atoms with Crippen molar-refractivity contribution in [2.45, 2.75) is 20.4 Å². The molecule has 1 saturated heterocycles. The van der Waals surface area contributed by atoms with Crippen molar-refractivity contribution in [2.24, 2.45) is 0 Å². The standard InChI is InChI=1S/C15H23ClN2/c1-13-4-3-5-14(2)15(13)12-18-10-8-17(7-6-16)9-11-18/h3-5H,6-12H2,1-2H3. The number of alkyl halides is 1. The molecule has 1 aliphatic heterocycles. The summed E-state index contributed by atoms with van der Waals surface area (Å²) in [5, 5.41) is 0. The summed E-state index contributed by atoms with van der Waals surface area (Å²) in [5.41, 5.74) is 4.33. The molecule has 1 aromatic rings. The molecule has 0 aromatic heterocycles. The molecular weight excluding hydrogens is 244 g/mol. The molecular formula is C15H23ClN2. The average Bonchev–Trinajstić information content (AvgIpc) is 2.36. The molecule has 1 aromatic carbocycles. The third-order valence-electron chi connectivity index (χ3n) is 3.89. The number of halogens is 1. The predicted octanol–water partition coefficient (Wildman–Crippen LogP) is 2.66. The van der Waals surface area contributed by atoms with Crippen LogP contribution in [0.2, 0.25) is 0 Å². The first kappa shape index (κ1) is 13.9. The number of nitrogens with zero attached hydrogens (tertiary/aromatic N) is 2. The van der Waals surface area contributed by atoms with Gasteiger partial charge in [0.05, 0.1) is 0 Å². The fourth-order valence-electron chi connectivity index (χ4n) is 2.61. The minimum atomic E-state index is 0.747. The van der Waals surface area contributed by atoms with Crippen LogP contribution >= 0.6 is 11.6 Å². The van der Waals surface area contributed by atoms with E-state index in [4.69, 9.17) is 11.6 Å². The highest BCUT2D eigenvalue weighted by molar-refractivity contribution is 6.18. The van der Waals surface area contributed by atoms with E-state index in [2.05, 4.69) is 41.8 Å². The number of rotatable bonds is 4. The third-order valence-corrected chi connectivity index (χ3v) is 4.06. The van der Waals surface area contributed by atoms with Crippen LogP contribution in [0.1, 0.15) is 16.7 Å². The van der Waals surface area contributed by atoms with Gasteiger partial charge in [-0.15, -0.1) is 11.6 Å². The Labute approximate surface area is 116 Å². The van der Waals surface area contributed by atoms with Crippen molar-refractivity contribution in [1.29, 1.82) is 0 Å². The van der Waals surface area contributed by atoms with Crippen LogP contribution in [0.5, 0.6) is 0 Å². The van der Waals surface area contributed by atoms with Gasteiger partial charge in [-0.1, -0.05) is 18.2 Å². The first-order chi connectivity index (χ1) is 8.70. The fourth-order valence-corrected chi connectivity index (χ4v) is 2.85. The molecule has 3 heteroatoms. The lowest BCUT2D eigenvalue weighted by molar-refractivity contribution is 0.132. The molecule has 2 nitrogen and oxygen atoms in total. The second kappa shape index (κ2) is 6.55. The zero-order valence-corrected chi connectivity index (χ0v) is 12.2. The maximum absolute atomic E-state index is 5.79. The van der Waals surface area contributed by atoms with Gasteiger partial charge in [0.25, 0.3) is 0 Å². The smallest absolute Gasteiger partial charge is 0.0351 e. The van der Waals surface area contributed by atoms with Crippen LogP contribution in [-0.4, -0.2) is 48.4 Å². The lowest BCUT2D eigenvalue weighted by Gasteiger charge is -2.34. The molecule has 0 unspecified atom stereocenters. The molecule has 0 N–H and O–H groups in total. The van der Waals surface area contributed by atoms with Crippen molar-refractivity contribution in [3.05, 3.63) is 34.9 Å². The van der Waals surface area contributed by atoms with Crippen LogP contribution in [0, 0.1) is 13.8 Å². The van der Waals surface area contributed by atoms with E-state index in [-0.39, 0.29) is 0 Å². The fraction of sp³-hybridized carbons (Fsp3) is 0.600. The second-order valence-electron chi connectivity index (χ2n) is 5.18. The Morgan fingerprint density at radius 1 is 1.00 bits per heavy atom. The van der Waals surface area contributed by atoms with Crippen molar-refractivity contribution in [3.8, 4) is 0 Å². The monoisotopic (exact) mass is 266 g/mol. The van der Waals surface area contributed by atoms with E-state index in [1.165, 1.54) is 16.7 Å². The lowest BCUT2D eigenvalue weighted by atomic mass is 10.0. The molecule has 0 spiro atoms. The van der Waals surface area contributed by atoms with Gasteiger partial charge < -0.3 is 0 Å². The molecule has 0 amide bonds. The average molecular weight is 267 g/mol. The van der Waals surface area contributed by atoms with Crippen LogP contribution in [0.4, 0.5) is 0 Å². The number of hydrogen-bond donors (Lipinski definition) is 0. The van der Waals surface area contributed by atoms with E-state index in [1.54, 1.807) is 0 Å². The number of piperazine rings is 1. The molecule has 2 rings (SSSR count). The first-order valence-corrected chi connectivity index (χ1v) is 7.30. The molecule has 0 bridgehead atoms. The number of hydrogen-bond acceptors (Lipinski definition) is 2. The van der Waals surface area contributed by atoms with E-state index in [9.17, 15) is 0 Å². The van der Waals surface area contributed by atoms with Gasteiger partial charge in [-0.2, -0.15) is 0 Å². The van der Waals surface area contributed by atoms with Gasteiger partial charge in [0, 0.05) is 45.1 Å². The van der Waals surface area contributed by atoms with Gasteiger partial charge in [-0.3, -0.25) is 9.80 Å². The summed E-state index contributed by atoms with van der Waals surface area (Å²) in [4.78, 5) is 5.01. The van der Waals surface area contributed by atoms with Crippen molar-refractivity contribution in [3.63, 3.8) is 0 Å². The summed E-state index contributed by atoms with van der Waals surface area (Å²) >= 11 is 5.79. The second-order valence-corrected chi connectivity index (χ2v) is 5.56. The predicted molar refractivity (Wildman–Crippen MR) is 78.4 cm³/mol. The summed E-state index contributed by atoms with van der Waals surface area (Å²) in [7, 11) is 0. The Kier molecular flexibility index (Phi) is 5.04. The Hall–Kier alpha value is -0.570. The molecule has 100 valence electrons. The highest BCUT2D eigenvalue weighted by Gasteiger charge is 2.17. The van der Waals surface area contributed by atoms with Gasteiger partial charge in [-0.05, 0) is 30.5 Å². The Morgan fingerprint density at radius 2 is 1.56 bits per heavy atom. The van der Waals surface area contributed by atoms with Crippen molar-refractivity contribution < 1.29 is 0 Å². The topological polar surface area (TPSA) is 6.48 Å². The van der Waals surface area contributed by atoms with Crippen molar-refractivity contribution in [2.75, 3.05) is 38.6 Å². The zero-order valence-electron chi connectivity index (χ0n) is 11.5. The van der Waals surface area contributed by atoms with Crippen LogP contribution in [0.3, 0.4) is 0 Å². The van der Waals surface area contributed by atoms with Crippen molar-refractivity contribution >= 4 is 11.6 Å². The largest absolute Gasteiger partial charge is 0.300 e.